The summed E-state index contributed by atoms with van der Waals surface area (Å²) in [5.74, 6) is -1.18. The van der Waals surface area contributed by atoms with Crippen LogP contribution in [-0.4, -0.2) is 80.7 Å². The summed E-state index contributed by atoms with van der Waals surface area (Å²) in [6.45, 7) is 7.31. The molecule has 8 rings (SSSR count). The minimum absolute atomic E-state index is 0.0605. The van der Waals surface area contributed by atoms with Gasteiger partial charge in [-0.15, -0.1) is 0 Å². The van der Waals surface area contributed by atoms with E-state index in [4.69, 9.17) is 16.3 Å². The van der Waals surface area contributed by atoms with E-state index in [-0.39, 0.29) is 50.4 Å². The number of hydrogen-bond donors (Lipinski definition) is 2. The molecule has 0 bridgehead atoms. The molecule has 0 aliphatic carbocycles. The number of ether oxygens (including phenoxy) is 1. The van der Waals surface area contributed by atoms with Crippen LogP contribution in [0.2, 0.25) is 23.7 Å². The fraction of sp³-hybridized carbons (Fsp3) is 0.400. The number of para-hydroxylation sites is 1. The van der Waals surface area contributed by atoms with E-state index in [9.17, 15) is 14.7 Å². The summed E-state index contributed by atoms with van der Waals surface area (Å²) in [5.41, 5.74) is 1.70. The van der Waals surface area contributed by atoms with Gasteiger partial charge in [-0.05, 0) is 92.6 Å². The maximum atomic E-state index is 16.6. The van der Waals surface area contributed by atoms with Crippen molar-refractivity contribution >= 4 is 54.8 Å². The Bertz CT molecular complexity index is 2170. The van der Waals surface area contributed by atoms with E-state index in [0.29, 0.717) is 35.8 Å². The van der Waals surface area contributed by atoms with Crippen LogP contribution in [0.3, 0.4) is 0 Å². The van der Waals surface area contributed by atoms with Crippen molar-refractivity contribution in [2.75, 3.05) is 47.6 Å². The number of anilines is 3. The summed E-state index contributed by atoms with van der Waals surface area (Å²) in [7, 11) is -3.57. The molecule has 13 heteroatoms. The molecular formula is C45H51ClFN5O5Si. The summed E-state index contributed by atoms with van der Waals surface area (Å²) in [6.07, 6.45) is 0.354. The molecule has 2 spiro atoms. The highest BCUT2D eigenvalue weighted by Gasteiger charge is 2.67. The van der Waals surface area contributed by atoms with Crippen molar-refractivity contribution < 1.29 is 28.3 Å². The molecule has 10 nitrogen and oxygen atoms in total. The lowest BCUT2D eigenvalue weighted by atomic mass is 9.82. The summed E-state index contributed by atoms with van der Waals surface area (Å²) in [6, 6.07) is 32.6. The Balaban J connectivity index is 1.09. The van der Waals surface area contributed by atoms with Gasteiger partial charge in [0.15, 0.2) is 5.60 Å². The number of piperidine rings is 1. The molecule has 4 aromatic carbocycles. The number of aliphatic hydroxyl groups excluding tert-OH is 1. The quantitative estimate of drug-likeness (QED) is 0.124. The molecule has 0 radical (unpaired) electrons. The molecule has 2 N–H and O–H groups in total. The minimum Gasteiger partial charge on any atom is -0.395 e. The van der Waals surface area contributed by atoms with Crippen LogP contribution in [0.1, 0.15) is 42.9 Å². The Morgan fingerprint density at radius 2 is 1.60 bits per heavy atom. The normalized spacial score (nSPS) is 24.0. The molecule has 3 saturated heterocycles. The van der Waals surface area contributed by atoms with E-state index in [1.165, 1.54) is 0 Å². The van der Waals surface area contributed by atoms with E-state index in [1.54, 1.807) is 41.1 Å². The second-order valence-corrected chi connectivity index (χ2v) is 20.9. The van der Waals surface area contributed by atoms with Crippen molar-refractivity contribution in [1.29, 1.82) is 0 Å². The molecule has 4 aliphatic rings. The smallest absolute Gasteiger partial charge is 0.264 e. The Labute approximate surface area is 345 Å². The number of rotatable bonds is 11. The first kappa shape index (κ1) is 40.2. The monoisotopic (exact) mass is 823 g/mol. The van der Waals surface area contributed by atoms with Gasteiger partial charge in [0.05, 0.1) is 38.0 Å². The lowest BCUT2D eigenvalue weighted by Gasteiger charge is -2.39. The van der Waals surface area contributed by atoms with E-state index in [0.717, 1.165) is 35.6 Å². The summed E-state index contributed by atoms with van der Waals surface area (Å²) in [5, 5.41) is 13.7. The van der Waals surface area contributed by atoms with Gasteiger partial charge in [0.2, 0.25) is 14.3 Å². The predicted molar refractivity (Wildman–Crippen MR) is 227 cm³/mol. The Morgan fingerprint density at radius 1 is 0.931 bits per heavy atom. The van der Waals surface area contributed by atoms with Gasteiger partial charge < -0.3 is 34.0 Å². The molecule has 4 aromatic rings. The summed E-state index contributed by atoms with van der Waals surface area (Å²) >= 11 is 6.63. The fourth-order valence-corrected chi connectivity index (χ4v) is 12.7. The topological polar surface area (TPSA) is 106 Å². The van der Waals surface area contributed by atoms with E-state index in [1.807, 2.05) is 84.6 Å². The van der Waals surface area contributed by atoms with Crippen LogP contribution in [0.5, 0.6) is 0 Å². The molecule has 4 aliphatic heterocycles. The number of amides is 3. The standard InChI is InChI=1S/C45H51ClFN5O5Si/c1-31-41(58(2,3)47)39(27-40(54)49(23-24-53)28-32-11-6-4-7-12-32)57-45(31)37-26-34(46)17-18-38(37)50(43(45)56)29-33-13-10-16-36(25-33)51-30-52(35-14-8-5-9-15-35)44(42(51)55)19-21-48-22-20-44/h4-18,25-26,31,39,41,48,53H,19-24,27-30H2,1-3H3/t31-,39+,41-,45+/m0/s1. The molecular weight excluding hydrogens is 773 g/mol. The maximum absolute atomic E-state index is 16.6. The first-order valence-electron chi connectivity index (χ1n) is 20.2. The second kappa shape index (κ2) is 15.9. The molecule has 0 unspecified atom stereocenters. The van der Waals surface area contributed by atoms with Crippen LogP contribution in [0.25, 0.3) is 0 Å². The Kier molecular flexibility index (Phi) is 11.0. The van der Waals surface area contributed by atoms with Crippen molar-refractivity contribution in [3.63, 3.8) is 0 Å². The van der Waals surface area contributed by atoms with Gasteiger partial charge in [-0.3, -0.25) is 19.3 Å². The maximum Gasteiger partial charge on any atom is 0.264 e. The highest BCUT2D eigenvalue weighted by molar-refractivity contribution is 6.72. The number of hydrogen-bond acceptors (Lipinski definition) is 7. The van der Waals surface area contributed by atoms with E-state index in [2.05, 4.69) is 22.3 Å². The average Bonchev–Trinajstić information content (AvgIpc) is 3.75. The van der Waals surface area contributed by atoms with Crippen LogP contribution in [0, 0.1) is 5.92 Å². The third kappa shape index (κ3) is 7.02. The number of halogens is 2. The SMILES string of the molecule is C[C@H]1[C@H]([Si](C)(C)F)[C@@H](CC(=O)N(CCO)Cc2ccccc2)O[C@]12C(=O)N(Cc1cccc(N3CN(c4ccccc4)C4(CCNCC4)C3=O)c1)c1ccc(Cl)cc12. The van der Waals surface area contributed by atoms with Gasteiger partial charge >= 0.3 is 0 Å². The van der Waals surface area contributed by atoms with Crippen LogP contribution < -0.4 is 20.0 Å². The summed E-state index contributed by atoms with van der Waals surface area (Å²) < 4.78 is 23.5. The number of aliphatic hydroxyl groups is 1. The first-order chi connectivity index (χ1) is 27.9. The van der Waals surface area contributed by atoms with Crippen LogP contribution >= 0.6 is 11.6 Å². The minimum atomic E-state index is -3.57. The largest absolute Gasteiger partial charge is 0.395 e. The van der Waals surface area contributed by atoms with Crippen molar-refractivity contribution in [1.82, 2.24) is 10.2 Å². The molecule has 0 saturated carbocycles. The van der Waals surface area contributed by atoms with Crippen molar-refractivity contribution in [3.8, 4) is 0 Å². The lowest BCUT2D eigenvalue weighted by Crippen LogP contribution is -2.55. The van der Waals surface area contributed by atoms with Crippen LogP contribution in [0.15, 0.2) is 103 Å². The van der Waals surface area contributed by atoms with Crippen LogP contribution in [0.4, 0.5) is 21.2 Å². The zero-order valence-corrected chi connectivity index (χ0v) is 35.0. The molecule has 58 heavy (non-hydrogen) atoms. The fourth-order valence-electron chi connectivity index (χ4n) is 10.1. The highest BCUT2D eigenvalue weighted by atomic mass is 35.5. The molecule has 4 atom stereocenters. The molecule has 0 aromatic heterocycles. The number of nitrogens with zero attached hydrogens (tertiary/aromatic N) is 4. The highest BCUT2D eigenvalue weighted by Crippen LogP contribution is 2.60. The van der Waals surface area contributed by atoms with Crippen molar-refractivity contribution in [2.45, 2.75) is 75.2 Å². The zero-order valence-electron chi connectivity index (χ0n) is 33.2. The lowest BCUT2D eigenvalue weighted by molar-refractivity contribution is -0.150. The number of benzene rings is 4. The number of carbonyl (C=O) groups is 3. The number of carbonyl (C=O) groups excluding carboxylic acids is 3. The third-order valence-corrected chi connectivity index (χ3v) is 15.4. The molecule has 304 valence electrons. The zero-order chi connectivity index (χ0) is 40.8. The van der Waals surface area contributed by atoms with Gasteiger partial charge in [0.25, 0.3) is 11.8 Å². The number of fused-ring (bicyclic) bond motifs is 2. The van der Waals surface area contributed by atoms with Gasteiger partial charge in [-0.2, -0.15) is 0 Å². The third-order valence-electron chi connectivity index (χ3n) is 12.7. The van der Waals surface area contributed by atoms with Gasteiger partial charge in [-0.25, -0.2) is 0 Å². The van der Waals surface area contributed by atoms with Gasteiger partial charge in [0.1, 0.15) is 5.54 Å². The average molecular weight is 824 g/mol. The van der Waals surface area contributed by atoms with Gasteiger partial charge in [0, 0.05) is 46.5 Å². The molecule has 4 heterocycles. The molecule has 3 amide bonds. The molecule has 3 fully saturated rings. The second-order valence-electron chi connectivity index (χ2n) is 16.6. The Hall–Kier alpha value is -4.59. The Morgan fingerprint density at radius 3 is 2.29 bits per heavy atom. The van der Waals surface area contributed by atoms with E-state index >= 15 is 8.90 Å². The van der Waals surface area contributed by atoms with Crippen LogP contribution in [-0.2, 0) is 37.8 Å². The van der Waals surface area contributed by atoms with Gasteiger partial charge in [-0.1, -0.05) is 79.2 Å². The summed E-state index contributed by atoms with van der Waals surface area (Å²) in [4.78, 5) is 50.9. The van der Waals surface area contributed by atoms with Crippen molar-refractivity contribution in [3.05, 3.63) is 125 Å². The number of nitrogens with one attached hydrogen (secondary N) is 1. The predicted octanol–water partition coefficient (Wildman–Crippen LogP) is 7.01. The van der Waals surface area contributed by atoms with E-state index < -0.39 is 37.1 Å². The first-order valence-corrected chi connectivity index (χ1v) is 23.6. The van der Waals surface area contributed by atoms with Crippen molar-refractivity contribution in [2.24, 2.45) is 5.92 Å².